The van der Waals surface area contributed by atoms with Crippen LogP contribution in [-0.4, -0.2) is 34.6 Å². The Morgan fingerprint density at radius 3 is 2.48 bits per heavy atom. The summed E-state index contributed by atoms with van der Waals surface area (Å²) >= 11 is 0. The number of aromatic nitrogens is 1. The summed E-state index contributed by atoms with van der Waals surface area (Å²) in [4.78, 5) is 27.7. The predicted octanol–water partition coefficient (Wildman–Crippen LogP) is 2.61. The van der Waals surface area contributed by atoms with Gasteiger partial charge in [0.25, 0.3) is 5.91 Å². The molecule has 7 heteroatoms. The zero-order valence-corrected chi connectivity index (χ0v) is 13.9. The number of hydrogen-bond donors (Lipinski definition) is 2. The van der Waals surface area contributed by atoms with Crippen molar-refractivity contribution in [2.24, 2.45) is 0 Å². The fourth-order valence-corrected chi connectivity index (χ4v) is 2.18. The molecule has 0 aliphatic rings. The van der Waals surface area contributed by atoms with Crippen LogP contribution in [0.5, 0.6) is 5.88 Å². The lowest BCUT2D eigenvalue weighted by atomic mass is 9.99. The Kier molecular flexibility index (Phi) is 6.05. The summed E-state index contributed by atoms with van der Waals surface area (Å²) in [7, 11) is 0. The molecule has 1 aromatic carbocycles. The van der Waals surface area contributed by atoms with E-state index in [0.29, 0.717) is 11.4 Å². The van der Waals surface area contributed by atoms with Crippen molar-refractivity contribution in [3.8, 4) is 5.88 Å². The van der Waals surface area contributed by atoms with Gasteiger partial charge in [-0.3, -0.25) is 9.59 Å². The second-order valence-electron chi connectivity index (χ2n) is 5.68. The van der Waals surface area contributed by atoms with Gasteiger partial charge in [0.15, 0.2) is 0 Å². The van der Waals surface area contributed by atoms with E-state index in [-0.39, 0.29) is 18.3 Å². The normalized spacial score (nSPS) is 11.8. The summed E-state index contributed by atoms with van der Waals surface area (Å²) in [5.74, 6) is -2.75. The molecule has 1 amide bonds. The number of rotatable bonds is 7. The molecule has 0 radical (unpaired) electrons. The third-order valence-electron chi connectivity index (χ3n) is 3.35. The average Bonchev–Trinajstić information content (AvgIpc) is 2.56. The number of benzene rings is 1. The number of carboxylic acid groups (broad SMARTS) is 1. The predicted molar refractivity (Wildman–Crippen MR) is 89.1 cm³/mol. The van der Waals surface area contributed by atoms with Crippen LogP contribution in [0.15, 0.2) is 42.5 Å². The van der Waals surface area contributed by atoms with Crippen molar-refractivity contribution >= 4 is 11.9 Å². The molecule has 6 nitrogen and oxygen atoms in total. The minimum Gasteiger partial charge on any atom is -0.481 e. The Morgan fingerprint density at radius 1 is 1.20 bits per heavy atom. The number of hydrogen-bond acceptors (Lipinski definition) is 4. The van der Waals surface area contributed by atoms with Gasteiger partial charge >= 0.3 is 5.97 Å². The van der Waals surface area contributed by atoms with Crippen LogP contribution in [0, 0.1) is 5.82 Å². The van der Waals surface area contributed by atoms with Crippen LogP contribution in [0.2, 0.25) is 0 Å². The molecule has 1 atom stereocenters. The standard InChI is InChI=1S/C18H19FN2O4/c1-11(2)25-16-5-3-4-15(21-16)17(22)20-10-14(18(23)24)12-6-8-13(19)9-7-12/h3-9,11,14H,10H2,1-2H3,(H,20,22)(H,23,24). The van der Waals surface area contributed by atoms with E-state index in [0.717, 1.165) is 0 Å². The van der Waals surface area contributed by atoms with Crippen molar-refractivity contribution in [1.82, 2.24) is 10.3 Å². The van der Waals surface area contributed by atoms with Gasteiger partial charge in [-0.1, -0.05) is 18.2 Å². The quantitative estimate of drug-likeness (QED) is 0.804. The van der Waals surface area contributed by atoms with Gasteiger partial charge in [-0.05, 0) is 37.6 Å². The third kappa shape index (κ3) is 5.27. The lowest BCUT2D eigenvalue weighted by Gasteiger charge is -2.14. The van der Waals surface area contributed by atoms with Crippen LogP contribution in [0.25, 0.3) is 0 Å². The number of amides is 1. The van der Waals surface area contributed by atoms with Gasteiger partial charge in [0.05, 0.1) is 12.0 Å². The molecule has 2 N–H and O–H groups in total. The molecule has 1 heterocycles. The van der Waals surface area contributed by atoms with E-state index in [4.69, 9.17) is 4.74 Å². The smallest absolute Gasteiger partial charge is 0.312 e. The van der Waals surface area contributed by atoms with E-state index in [1.807, 2.05) is 13.8 Å². The van der Waals surface area contributed by atoms with Gasteiger partial charge in [-0.25, -0.2) is 9.37 Å². The third-order valence-corrected chi connectivity index (χ3v) is 3.35. The molecule has 1 unspecified atom stereocenters. The second kappa shape index (κ2) is 8.23. The van der Waals surface area contributed by atoms with Crippen LogP contribution in [0.4, 0.5) is 4.39 Å². The molecule has 0 fully saturated rings. The first-order valence-electron chi connectivity index (χ1n) is 7.77. The Hall–Kier alpha value is -2.96. The zero-order chi connectivity index (χ0) is 18.4. The van der Waals surface area contributed by atoms with Crippen LogP contribution < -0.4 is 10.1 Å². The summed E-state index contributed by atoms with van der Waals surface area (Å²) in [5, 5.41) is 11.9. The number of carbonyl (C=O) groups excluding carboxylic acids is 1. The molecule has 0 saturated heterocycles. The molecule has 25 heavy (non-hydrogen) atoms. The largest absolute Gasteiger partial charge is 0.481 e. The summed E-state index contributed by atoms with van der Waals surface area (Å²) in [6, 6.07) is 9.91. The number of nitrogens with one attached hydrogen (secondary N) is 1. The van der Waals surface area contributed by atoms with Crippen molar-refractivity contribution in [3.05, 3.63) is 59.5 Å². The lowest BCUT2D eigenvalue weighted by molar-refractivity contribution is -0.138. The number of ether oxygens (including phenoxy) is 1. The maximum absolute atomic E-state index is 13.0. The Bertz CT molecular complexity index is 747. The van der Waals surface area contributed by atoms with E-state index < -0.39 is 23.6 Å². The molecule has 0 spiro atoms. The summed E-state index contributed by atoms with van der Waals surface area (Å²) in [6.45, 7) is 3.54. The van der Waals surface area contributed by atoms with Crippen LogP contribution in [0.3, 0.4) is 0 Å². The van der Waals surface area contributed by atoms with E-state index in [9.17, 15) is 19.1 Å². The molecular weight excluding hydrogens is 327 g/mol. The number of carboxylic acids is 1. The fourth-order valence-electron chi connectivity index (χ4n) is 2.18. The van der Waals surface area contributed by atoms with Gasteiger partial charge < -0.3 is 15.2 Å². The van der Waals surface area contributed by atoms with Gasteiger partial charge in [0.2, 0.25) is 5.88 Å². The summed E-state index contributed by atoms with van der Waals surface area (Å²) in [5.41, 5.74) is 0.528. The Balaban J connectivity index is 2.06. The first-order valence-corrected chi connectivity index (χ1v) is 7.77. The fraction of sp³-hybridized carbons (Fsp3) is 0.278. The van der Waals surface area contributed by atoms with E-state index in [1.54, 1.807) is 12.1 Å². The first-order chi connectivity index (χ1) is 11.9. The zero-order valence-electron chi connectivity index (χ0n) is 13.9. The number of aliphatic carboxylic acids is 1. The van der Waals surface area contributed by atoms with E-state index >= 15 is 0 Å². The number of carbonyl (C=O) groups is 2. The summed E-state index contributed by atoms with van der Waals surface area (Å²) < 4.78 is 18.4. The molecule has 0 saturated carbocycles. The highest BCUT2D eigenvalue weighted by atomic mass is 19.1. The van der Waals surface area contributed by atoms with E-state index in [2.05, 4.69) is 10.3 Å². The monoisotopic (exact) mass is 346 g/mol. The highest BCUT2D eigenvalue weighted by molar-refractivity contribution is 5.92. The van der Waals surface area contributed by atoms with Crippen molar-refractivity contribution in [2.45, 2.75) is 25.9 Å². The highest BCUT2D eigenvalue weighted by Crippen LogP contribution is 2.16. The van der Waals surface area contributed by atoms with Crippen molar-refractivity contribution in [2.75, 3.05) is 6.54 Å². The summed E-state index contributed by atoms with van der Waals surface area (Å²) in [6.07, 6.45) is -0.0827. The minimum atomic E-state index is -1.11. The van der Waals surface area contributed by atoms with E-state index in [1.165, 1.54) is 30.3 Å². The van der Waals surface area contributed by atoms with Crippen LogP contribution in [-0.2, 0) is 4.79 Å². The van der Waals surface area contributed by atoms with Crippen LogP contribution in [0.1, 0.15) is 35.8 Å². The highest BCUT2D eigenvalue weighted by Gasteiger charge is 2.21. The topological polar surface area (TPSA) is 88.5 Å². The molecule has 2 rings (SSSR count). The molecule has 0 bridgehead atoms. The van der Waals surface area contributed by atoms with Crippen molar-refractivity contribution in [3.63, 3.8) is 0 Å². The first kappa shape index (κ1) is 18.4. The van der Waals surface area contributed by atoms with Gasteiger partial charge in [-0.2, -0.15) is 0 Å². The molecular formula is C18H19FN2O4. The number of halogens is 1. The van der Waals surface area contributed by atoms with Gasteiger partial charge in [0, 0.05) is 12.6 Å². The molecule has 132 valence electrons. The molecule has 2 aromatic rings. The Morgan fingerprint density at radius 2 is 1.88 bits per heavy atom. The van der Waals surface area contributed by atoms with Gasteiger partial charge in [-0.15, -0.1) is 0 Å². The molecule has 0 aliphatic heterocycles. The molecule has 1 aromatic heterocycles. The number of pyridine rings is 1. The second-order valence-corrected chi connectivity index (χ2v) is 5.68. The lowest BCUT2D eigenvalue weighted by Crippen LogP contribution is -2.32. The molecule has 0 aliphatic carbocycles. The maximum Gasteiger partial charge on any atom is 0.312 e. The minimum absolute atomic E-state index is 0.0827. The van der Waals surface area contributed by atoms with Crippen LogP contribution >= 0.6 is 0 Å². The SMILES string of the molecule is CC(C)Oc1cccc(C(=O)NCC(C(=O)O)c2ccc(F)cc2)n1. The maximum atomic E-state index is 13.0. The van der Waals surface area contributed by atoms with Gasteiger partial charge in [0.1, 0.15) is 11.5 Å². The Labute approximate surface area is 144 Å². The van der Waals surface area contributed by atoms with Crippen molar-refractivity contribution < 1.29 is 23.8 Å². The average molecular weight is 346 g/mol. The number of nitrogens with zero attached hydrogens (tertiary/aromatic N) is 1. The van der Waals surface area contributed by atoms with Crippen molar-refractivity contribution in [1.29, 1.82) is 0 Å².